The van der Waals surface area contributed by atoms with Crippen LogP contribution in [0.1, 0.15) is 31.7 Å². The van der Waals surface area contributed by atoms with Crippen LogP contribution in [-0.2, 0) is 11.3 Å². The van der Waals surface area contributed by atoms with E-state index in [1.807, 2.05) is 24.3 Å². The largest absolute Gasteiger partial charge is 0.497 e. The predicted molar refractivity (Wildman–Crippen MR) is 79.6 cm³/mol. The zero-order valence-corrected chi connectivity index (χ0v) is 12.3. The molecule has 20 heavy (non-hydrogen) atoms. The van der Waals surface area contributed by atoms with Gasteiger partial charge in [0.1, 0.15) is 5.75 Å². The van der Waals surface area contributed by atoms with E-state index in [1.54, 1.807) is 7.11 Å². The smallest absolute Gasteiger partial charge is 0.237 e. The number of benzene rings is 1. The van der Waals surface area contributed by atoms with Gasteiger partial charge in [-0.1, -0.05) is 25.5 Å². The maximum Gasteiger partial charge on any atom is 0.237 e. The molecule has 2 atom stereocenters. The van der Waals surface area contributed by atoms with E-state index in [1.165, 1.54) is 6.42 Å². The molecule has 0 saturated carbocycles. The van der Waals surface area contributed by atoms with Crippen molar-refractivity contribution in [1.29, 1.82) is 0 Å². The number of ether oxygens (including phenoxy) is 1. The van der Waals surface area contributed by atoms with Crippen LogP contribution in [0.2, 0.25) is 0 Å². The number of rotatable bonds is 5. The third-order valence-electron chi connectivity index (χ3n) is 4.01. The van der Waals surface area contributed by atoms with Crippen LogP contribution in [0.25, 0.3) is 0 Å². The van der Waals surface area contributed by atoms with E-state index >= 15 is 0 Å². The van der Waals surface area contributed by atoms with Gasteiger partial charge in [-0.3, -0.25) is 4.79 Å². The minimum absolute atomic E-state index is 0.0423. The average Bonchev–Trinajstić information content (AvgIpc) is 2.52. The molecule has 0 radical (unpaired) electrons. The summed E-state index contributed by atoms with van der Waals surface area (Å²) in [4.78, 5) is 12.2. The van der Waals surface area contributed by atoms with Crippen LogP contribution in [-0.4, -0.2) is 25.6 Å². The third-order valence-corrected chi connectivity index (χ3v) is 4.01. The molecule has 2 rings (SSSR count). The Morgan fingerprint density at radius 3 is 3.10 bits per heavy atom. The summed E-state index contributed by atoms with van der Waals surface area (Å²) in [5.74, 6) is 1.59. The van der Waals surface area contributed by atoms with Crippen molar-refractivity contribution in [3.63, 3.8) is 0 Å². The van der Waals surface area contributed by atoms with Crippen LogP contribution in [0.4, 0.5) is 0 Å². The zero-order chi connectivity index (χ0) is 14.4. The molecule has 1 aromatic carbocycles. The summed E-state index contributed by atoms with van der Waals surface area (Å²) in [7, 11) is 1.65. The van der Waals surface area contributed by atoms with Gasteiger partial charge in [0.15, 0.2) is 0 Å². The second kappa shape index (κ2) is 7.29. The van der Waals surface area contributed by atoms with Crippen molar-refractivity contribution in [3.8, 4) is 5.75 Å². The van der Waals surface area contributed by atoms with Crippen LogP contribution in [0.15, 0.2) is 24.3 Å². The van der Waals surface area contributed by atoms with Gasteiger partial charge in [0.05, 0.1) is 13.2 Å². The van der Waals surface area contributed by atoms with Crippen molar-refractivity contribution in [2.75, 3.05) is 13.7 Å². The molecule has 0 spiro atoms. The molecule has 4 heteroatoms. The van der Waals surface area contributed by atoms with Gasteiger partial charge < -0.3 is 15.4 Å². The van der Waals surface area contributed by atoms with Gasteiger partial charge in [0, 0.05) is 6.54 Å². The molecule has 1 fully saturated rings. The molecule has 1 heterocycles. The maximum atomic E-state index is 12.2. The fraction of sp³-hybridized carbons (Fsp3) is 0.562. The van der Waals surface area contributed by atoms with E-state index in [-0.39, 0.29) is 11.9 Å². The average molecular weight is 276 g/mol. The van der Waals surface area contributed by atoms with Gasteiger partial charge in [-0.2, -0.15) is 0 Å². The first kappa shape index (κ1) is 14.9. The summed E-state index contributed by atoms with van der Waals surface area (Å²) in [5, 5.41) is 6.31. The number of piperidine rings is 1. The van der Waals surface area contributed by atoms with E-state index in [2.05, 4.69) is 17.6 Å². The second-order valence-corrected chi connectivity index (χ2v) is 5.37. The van der Waals surface area contributed by atoms with E-state index in [4.69, 9.17) is 4.74 Å². The number of methoxy groups -OCH3 is 1. The van der Waals surface area contributed by atoms with Gasteiger partial charge in [-0.15, -0.1) is 0 Å². The van der Waals surface area contributed by atoms with Gasteiger partial charge >= 0.3 is 0 Å². The predicted octanol–water partition coefficient (Wildman–Crippen LogP) is 2.09. The summed E-state index contributed by atoms with van der Waals surface area (Å²) >= 11 is 0. The first-order valence-electron chi connectivity index (χ1n) is 7.37. The summed E-state index contributed by atoms with van der Waals surface area (Å²) < 4.78 is 5.18. The van der Waals surface area contributed by atoms with Crippen molar-refractivity contribution in [1.82, 2.24) is 10.6 Å². The highest BCUT2D eigenvalue weighted by Crippen LogP contribution is 2.19. The second-order valence-electron chi connectivity index (χ2n) is 5.37. The number of carbonyl (C=O) groups is 1. The lowest BCUT2D eigenvalue weighted by atomic mass is 9.90. The minimum atomic E-state index is -0.0423. The summed E-state index contributed by atoms with van der Waals surface area (Å²) in [6.07, 6.45) is 3.28. The molecular formula is C16H24N2O2. The normalized spacial score (nSPS) is 22.3. The van der Waals surface area contributed by atoms with Crippen LogP contribution in [0, 0.1) is 5.92 Å². The first-order valence-corrected chi connectivity index (χ1v) is 7.37. The maximum absolute atomic E-state index is 12.2. The Balaban J connectivity index is 1.85. The van der Waals surface area contributed by atoms with Gasteiger partial charge in [0.2, 0.25) is 5.91 Å². The molecule has 4 nitrogen and oxygen atoms in total. The molecule has 0 aromatic heterocycles. The standard InChI is InChI=1S/C16H24N2O2/c1-3-12-7-8-17-15(10-12)16(19)18-11-13-5-4-6-14(9-13)20-2/h4-6,9,12,15,17H,3,7-8,10-11H2,1-2H3,(H,18,19). The van der Waals surface area contributed by atoms with Crippen LogP contribution in [0.3, 0.4) is 0 Å². The molecular weight excluding hydrogens is 252 g/mol. The van der Waals surface area contributed by atoms with Crippen molar-refractivity contribution in [2.24, 2.45) is 5.92 Å². The van der Waals surface area contributed by atoms with Gasteiger partial charge in [-0.05, 0) is 43.0 Å². The van der Waals surface area contributed by atoms with E-state index in [0.717, 1.165) is 30.7 Å². The molecule has 1 aliphatic rings. The Hall–Kier alpha value is -1.55. The van der Waals surface area contributed by atoms with E-state index in [9.17, 15) is 4.79 Å². The van der Waals surface area contributed by atoms with Crippen molar-refractivity contribution >= 4 is 5.91 Å². The number of amides is 1. The fourth-order valence-corrected chi connectivity index (χ4v) is 2.66. The third kappa shape index (κ3) is 3.97. The number of nitrogens with one attached hydrogen (secondary N) is 2. The molecule has 1 aliphatic heterocycles. The Morgan fingerprint density at radius 1 is 1.50 bits per heavy atom. The Labute approximate surface area is 120 Å². The molecule has 1 aromatic rings. The SMILES string of the molecule is CCC1CCNC(C(=O)NCc2cccc(OC)c2)C1. The Bertz CT molecular complexity index is 448. The molecule has 0 aliphatic carbocycles. The van der Waals surface area contributed by atoms with Crippen LogP contribution in [0.5, 0.6) is 5.75 Å². The molecule has 0 bridgehead atoms. The minimum Gasteiger partial charge on any atom is -0.497 e. The Kier molecular flexibility index (Phi) is 5.41. The van der Waals surface area contributed by atoms with E-state index in [0.29, 0.717) is 12.5 Å². The van der Waals surface area contributed by atoms with Crippen LogP contribution < -0.4 is 15.4 Å². The molecule has 110 valence electrons. The number of carbonyl (C=O) groups excluding carboxylic acids is 1. The summed E-state index contributed by atoms with van der Waals surface area (Å²) in [6, 6.07) is 7.74. The highest BCUT2D eigenvalue weighted by Gasteiger charge is 2.25. The highest BCUT2D eigenvalue weighted by molar-refractivity contribution is 5.81. The lowest BCUT2D eigenvalue weighted by Crippen LogP contribution is -2.48. The quantitative estimate of drug-likeness (QED) is 0.866. The van der Waals surface area contributed by atoms with Gasteiger partial charge in [0.25, 0.3) is 0 Å². The zero-order valence-electron chi connectivity index (χ0n) is 12.3. The number of hydrogen-bond acceptors (Lipinski definition) is 3. The monoisotopic (exact) mass is 276 g/mol. The fourth-order valence-electron chi connectivity index (χ4n) is 2.66. The van der Waals surface area contributed by atoms with Crippen molar-refractivity contribution in [3.05, 3.63) is 29.8 Å². The highest BCUT2D eigenvalue weighted by atomic mass is 16.5. The summed E-state index contributed by atoms with van der Waals surface area (Å²) in [6.45, 7) is 3.68. The topological polar surface area (TPSA) is 50.4 Å². The van der Waals surface area contributed by atoms with Crippen LogP contribution >= 0.6 is 0 Å². The lowest BCUT2D eigenvalue weighted by molar-refractivity contribution is -0.124. The molecule has 2 unspecified atom stereocenters. The number of hydrogen-bond donors (Lipinski definition) is 2. The Morgan fingerprint density at radius 2 is 2.35 bits per heavy atom. The van der Waals surface area contributed by atoms with Gasteiger partial charge in [-0.25, -0.2) is 0 Å². The summed E-state index contributed by atoms with van der Waals surface area (Å²) in [5.41, 5.74) is 1.06. The van der Waals surface area contributed by atoms with Crippen molar-refractivity contribution < 1.29 is 9.53 Å². The lowest BCUT2D eigenvalue weighted by Gasteiger charge is -2.28. The molecule has 2 N–H and O–H groups in total. The molecule has 1 saturated heterocycles. The molecule has 1 amide bonds. The first-order chi connectivity index (χ1) is 9.72. The van der Waals surface area contributed by atoms with Crippen molar-refractivity contribution in [2.45, 2.75) is 38.8 Å². The van der Waals surface area contributed by atoms with E-state index < -0.39 is 0 Å².